The van der Waals surface area contributed by atoms with E-state index in [9.17, 15) is 9.59 Å². The average Bonchev–Trinajstić information content (AvgIpc) is 2.76. The molecule has 1 aliphatic carbocycles. The number of nitrogens with two attached hydrogens (primary N) is 2. The Morgan fingerprint density at radius 2 is 2.00 bits per heavy atom. The lowest BCUT2D eigenvalue weighted by Crippen LogP contribution is -2.52. The fraction of sp³-hybridized carbons (Fsp3) is 0.583. The Morgan fingerprint density at radius 1 is 1.35 bits per heavy atom. The second kappa shape index (κ2) is 6.71. The van der Waals surface area contributed by atoms with Crippen LogP contribution in [0.25, 0.3) is 0 Å². The van der Waals surface area contributed by atoms with Gasteiger partial charge in [0.05, 0.1) is 17.4 Å². The first-order valence-electron chi connectivity index (χ1n) is 6.41. The van der Waals surface area contributed by atoms with Gasteiger partial charge in [0.2, 0.25) is 11.8 Å². The van der Waals surface area contributed by atoms with Gasteiger partial charge in [-0.05, 0) is 12.8 Å². The Bertz CT molecular complexity index is 482. The zero-order valence-corrected chi connectivity index (χ0v) is 12.0. The summed E-state index contributed by atoms with van der Waals surface area (Å²) in [5.41, 5.74) is 10.9. The van der Waals surface area contributed by atoms with E-state index in [1.54, 1.807) is 6.20 Å². The number of halogens is 1. The highest BCUT2D eigenvalue weighted by atomic mass is 35.5. The van der Waals surface area contributed by atoms with Gasteiger partial charge in [-0.15, -0.1) is 12.4 Å². The summed E-state index contributed by atoms with van der Waals surface area (Å²) in [7, 11) is 0. The van der Waals surface area contributed by atoms with Gasteiger partial charge in [-0.2, -0.15) is 5.10 Å². The third-order valence-corrected chi connectivity index (χ3v) is 3.41. The first-order valence-corrected chi connectivity index (χ1v) is 6.41. The van der Waals surface area contributed by atoms with Crippen LogP contribution >= 0.6 is 12.4 Å². The Hall–Kier alpha value is -1.60. The Morgan fingerprint density at radius 3 is 2.60 bits per heavy atom. The van der Waals surface area contributed by atoms with Crippen molar-refractivity contribution in [3.63, 3.8) is 0 Å². The van der Waals surface area contributed by atoms with Gasteiger partial charge in [0, 0.05) is 6.20 Å². The molecule has 0 radical (unpaired) electrons. The van der Waals surface area contributed by atoms with Crippen LogP contribution < -0.4 is 16.8 Å². The largest absolute Gasteiger partial charge is 0.368 e. The monoisotopic (exact) mass is 301 g/mol. The van der Waals surface area contributed by atoms with Crippen LogP contribution in [0, 0.1) is 0 Å². The number of anilines is 1. The summed E-state index contributed by atoms with van der Waals surface area (Å²) in [5, 5.41) is 6.68. The molecule has 1 aliphatic rings. The van der Waals surface area contributed by atoms with Crippen molar-refractivity contribution >= 4 is 29.9 Å². The molecule has 0 atom stereocenters. The van der Waals surface area contributed by atoms with Gasteiger partial charge < -0.3 is 16.8 Å². The van der Waals surface area contributed by atoms with Crippen LogP contribution in [0.15, 0.2) is 12.4 Å². The Labute approximate surface area is 123 Å². The van der Waals surface area contributed by atoms with E-state index in [2.05, 4.69) is 10.4 Å². The van der Waals surface area contributed by atoms with Gasteiger partial charge in [-0.3, -0.25) is 14.3 Å². The third kappa shape index (κ3) is 3.94. The summed E-state index contributed by atoms with van der Waals surface area (Å²) in [6, 6.07) is 0. The zero-order valence-electron chi connectivity index (χ0n) is 11.2. The molecule has 8 heteroatoms. The maximum Gasteiger partial charge on any atom is 0.244 e. The number of primary amides is 1. The molecule has 0 unspecified atom stereocenters. The lowest BCUT2D eigenvalue weighted by molar-refractivity contribution is -0.122. The zero-order chi connectivity index (χ0) is 13.9. The van der Waals surface area contributed by atoms with E-state index in [0.717, 1.165) is 19.3 Å². The number of nitrogens with zero attached hydrogens (tertiary/aromatic N) is 2. The first-order chi connectivity index (χ1) is 8.99. The summed E-state index contributed by atoms with van der Waals surface area (Å²) < 4.78 is 1.38. The number of hydrogen-bond acceptors (Lipinski definition) is 4. The maximum absolute atomic E-state index is 12.2. The molecule has 2 rings (SSSR count). The normalized spacial score (nSPS) is 17.1. The second-order valence-corrected chi connectivity index (χ2v) is 5.06. The van der Waals surface area contributed by atoms with E-state index >= 15 is 0 Å². The van der Waals surface area contributed by atoms with Crippen LogP contribution in [0.4, 0.5) is 5.69 Å². The molecule has 1 saturated carbocycles. The van der Waals surface area contributed by atoms with Gasteiger partial charge in [0.25, 0.3) is 0 Å². The Balaban J connectivity index is 0.00000200. The van der Waals surface area contributed by atoms with E-state index in [1.807, 2.05) is 0 Å². The van der Waals surface area contributed by atoms with Crippen molar-refractivity contribution < 1.29 is 9.59 Å². The molecule has 2 amide bonds. The van der Waals surface area contributed by atoms with E-state index in [1.165, 1.54) is 10.9 Å². The number of nitrogens with one attached hydrogen (secondary N) is 1. The second-order valence-electron chi connectivity index (χ2n) is 5.06. The van der Waals surface area contributed by atoms with Gasteiger partial charge in [0.15, 0.2) is 0 Å². The molecule has 0 spiro atoms. The van der Waals surface area contributed by atoms with Crippen LogP contribution in [0.2, 0.25) is 0 Å². The van der Waals surface area contributed by atoms with Crippen LogP contribution in [-0.4, -0.2) is 27.1 Å². The minimum Gasteiger partial charge on any atom is -0.368 e. The van der Waals surface area contributed by atoms with Crippen LogP contribution in [0.5, 0.6) is 0 Å². The van der Waals surface area contributed by atoms with Crippen molar-refractivity contribution in [2.24, 2.45) is 11.5 Å². The fourth-order valence-corrected chi connectivity index (χ4v) is 2.34. The van der Waals surface area contributed by atoms with Crippen LogP contribution in [-0.2, 0) is 16.1 Å². The molecule has 112 valence electrons. The number of rotatable bonds is 4. The molecule has 1 fully saturated rings. The topological polar surface area (TPSA) is 116 Å². The maximum atomic E-state index is 12.2. The number of carbonyl (C=O) groups is 2. The third-order valence-electron chi connectivity index (χ3n) is 3.41. The smallest absolute Gasteiger partial charge is 0.244 e. The summed E-state index contributed by atoms with van der Waals surface area (Å²) in [4.78, 5) is 22.9. The summed E-state index contributed by atoms with van der Waals surface area (Å²) >= 11 is 0. The minimum atomic E-state index is -0.788. The minimum absolute atomic E-state index is 0. The molecule has 20 heavy (non-hydrogen) atoms. The molecule has 1 heterocycles. The van der Waals surface area contributed by atoms with Crippen molar-refractivity contribution in [1.29, 1.82) is 0 Å². The fourth-order valence-electron chi connectivity index (χ4n) is 2.34. The average molecular weight is 302 g/mol. The lowest BCUT2D eigenvalue weighted by atomic mass is 9.82. The van der Waals surface area contributed by atoms with Gasteiger partial charge >= 0.3 is 0 Å². The molecule has 1 aromatic rings. The highest BCUT2D eigenvalue weighted by Crippen LogP contribution is 2.27. The molecule has 0 bridgehead atoms. The molecule has 0 saturated heterocycles. The van der Waals surface area contributed by atoms with Crippen molar-refractivity contribution in [2.75, 3.05) is 5.32 Å². The molecule has 1 aromatic heterocycles. The number of amides is 2. The van der Waals surface area contributed by atoms with E-state index in [0.29, 0.717) is 18.5 Å². The number of hydrogen-bond donors (Lipinski definition) is 3. The molecule has 0 aromatic carbocycles. The molecule has 0 aliphatic heterocycles. The van der Waals surface area contributed by atoms with E-state index < -0.39 is 11.4 Å². The predicted molar refractivity (Wildman–Crippen MR) is 77.3 cm³/mol. The predicted octanol–water partition coefficient (Wildman–Crippen LogP) is 0.390. The van der Waals surface area contributed by atoms with Gasteiger partial charge in [0.1, 0.15) is 6.54 Å². The number of carbonyl (C=O) groups excluding carboxylic acids is 2. The van der Waals surface area contributed by atoms with Gasteiger partial charge in [-0.25, -0.2) is 0 Å². The van der Waals surface area contributed by atoms with Crippen molar-refractivity contribution in [3.8, 4) is 0 Å². The lowest BCUT2D eigenvalue weighted by Gasteiger charge is -2.31. The number of aromatic nitrogens is 2. The van der Waals surface area contributed by atoms with Gasteiger partial charge in [-0.1, -0.05) is 19.3 Å². The van der Waals surface area contributed by atoms with Crippen molar-refractivity contribution in [1.82, 2.24) is 9.78 Å². The summed E-state index contributed by atoms with van der Waals surface area (Å²) in [6.45, 7) is -0.0103. The molecule has 7 nitrogen and oxygen atoms in total. The molecular formula is C12H20ClN5O2. The highest BCUT2D eigenvalue weighted by Gasteiger charge is 2.35. The summed E-state index contributed by atoms with van der Waals surface area (Å²) in [6.07, 6.45) is 7.53. The standard InChI is InChI=1S/C12H19N5O2.ClH/c13-10(18)8-17-7-9(6-15-17)16-11(19)12(14)4-2-1-3-5-12;/h6-7H,1-5,8,14H2,(H2,13,18)(H,16,19);1H. The van der Waals surface area contributed by atoms with Crippen molar-refractivity contribution in [3.05, 3.63) is 12.4 Å². The summed E-state index contributed by atoms with van der Waals surface area (Å²) in [5.74, 6) is -0.672. The quantitative estimate of drug-likeness (QED) is 0.746. The van der Waals surface area contributed by atoms with Crippen molar-refractivity contribution in [2.45, 2.75) is 44.2 Å². The van der Waals surface area contributed by atoms with E-state index in [-0.39, 0.29) is 24.9 Å². The SMILES string of the molecule is Cl.NC(=O)Cn1cc(NC(=O)C2(N)CCCCC2)cn1. The van der Waals surface area contributed by atoms with Crippen LogP contribution in [0.3, 0.4) is 0 Å². The van der Waals surface area contributed by atoms with E-state index in [4.69, 9.17) is 11.5 Å². The van der Waals surface area contributed by atoms with Crippen LogP contribution in [0.1, 0.15) is 32.1 Å². The first kappa shape index (κ1) is 16.5. The Kier molecular flexibility index (Phi) is 5.52. The molecule has 5 N–H and O–H groups in total. The molecular weight excluding hydrogens is 282 g/mol. The highest BCUT2D eigenvalue weighted by molar-refractivity contribution is 5.97.